The van der Waals surface area contributed by atoms with E-state index in [1.54, 1.807) is 0 Å². The zero-order chi connectivity index (χ0) is 18.4. The van der Waals surface area contributed by atoms with Crippen molar-refractivity contribution in [3.05, 3.63) is 59.1 Å². The second-order valence-corrected chi connectivity index (χ2v) is 6.33. The highest BCUT2D eigenvalue weighted by Gasteiger charge is 2.35. The van der Waals surface area contributed by atoms with Crippen LogP contribution in [0.3, 0.4) is 0 Å². The van der Waals surface area contributed by atoms with E-state index in [1.165, 1.54) is 17.3 Å². The summed E-state index contributed by atoms with van der Waals surface area (Å²) in [6.45, 7) is 0.920. The molecule has 8 heteroatoms. The third kappa shape index (κ3) is 4.70. The Morgan fingerprint density at radius 2 is 2.04 bits per heavy atom. The molecule has 0 radical (unpaired) electrons. The average Bonchev–Trinajstić information content (AvgIpc) is 3.16. The third-order valence-corrected chi connectivity index (χ3v) is 4.31. The van der Waals surface area contributed by atoms with Gasteiger partial charge in [0, 0.05) is 6.54 Å². The first-order valence-electron chi connectivity index (χ1n) is 8.35. The minimum atomic E-state index is -0.529. The fraction of sp³-hybridized carbons (Fsp3) is 0.333. The molecular formula is C18H19ClN4O3. The molecule has 0 saturated carbocycles. The van der Waals surface area contributed by atoms with Crippen LogP contribution in [0.1, 0.15) is 24.1 Å². The Labute approximate surface area is 156 Å². The molecular weight excluding hydrogens is 356 g/mol. The lowest BCUT2D eigenvalue weighted by atomic mass is 10.2. The van der Waals surface area contributed by atoms with Gasteiger partial charge < -0.3 is 10.1 Å². The second-order valence-electron chi connectivity index (χ2n) is 5.94. The minimum Gasteiger partial charge on any atom is -0.445 e. The summed E-state index contributed by atoms with van der Waals surface area (Å²) in [5, 5.41) is 3.08. The number of aromatic nitrogens is 2. The molecule has 136 valence electrons. The molecule has 1 N–H and O–H groups in total. The summed E-state index contributed by atoms with van der Waals surface area (Å²) in [6, 6.07) is 8.91. The fourth-order valence-corrected chi connectivity index (χ4v) is 2.88. The van der Waals surface area contributed by atoms with Crippen LogP contribution in [0.2, 0.25) is 5.15 Å². The summed E-state index contributed by atoms with van der Waals surface area (Å²) in [6.07, 6.45) is 3.82. The van der Waals surface area contributed by atoms with Crippen molar-refractivity contribution in [1.29, 1.82) is 0 Å². The largest absolute Gasteiger partial charge is 0.445 e. The number of rotatable bonds is 5. The Morgan fingerprint density at radius 3 is 2.77 bits per heavy atom. The van der Waals surface area contributed by atoms with Crippen LogP contribution < -0.4 is 5.32 Å². The number of halogens is 1. The predicted octanol–water partition coefficient (Wildman–Crippen LogP) is 2.55. The van der Waals surface area contributed by atoms with E-state index >= 15 is 0 Å². The van der Waals surface area contributed by atoms with E-state index in [2.05, 4.69) is 15.3 Å². The van der Waals surface area contributed by atoms with Gasteiger partial charge in [-0.3, -0.25) is 14.7 Å². The molecule has 0 unspecified atom stereocenters. The van der Waals surface area contributed by atoms with E-state index in [0.717, 1.165) is 12.0 Å². The van der Waals surface area contributed by atoms with Crippen molar-refractivity contribution in [2.45, 2.75) is 32.0 Å². The second kappa shape index (κ2) is 8.62. The number of benzene rings is 1. The summed E-state index contributed by atoms with van der Waals surface area (Å²) < 4.78 is 5.34. The van der Waals surface area contributed by atoms with Crippen molar-refractivity contribution >= 4 is 23.6 Å². The van der Waals surface area contributed by atoms with Gasteiger partial charge in [-0.15, -0.1) is 0 Å². The highest BCUT2D eigenvalue weighted by Crippen LogP contribution is 2.19. The first kappa shape index (κ1) is 18.1. The van der Waals surface area contributed by atoms with Crippen LogP contribution in [0.25, 0.3) is 0 Å². The molecule has 7 nitrogen and oxygen atoms in total. The number of ether oxygens (including phenoxy) is 1. The maximum absolute atomic E-state index is 12.4. The smallest absolute Gasteiger partial charge is 0.410 e. The van der Waals surface area contributed by atoms with Crippen LogP contribution in [-0.2, 0) is 22.7 Å². The van der Waals surface area contributed by atoms with Crippen molar-refractivity contribution in [3.8, 4) is 0 Å². The van der Waals surface area contributed by atoms with Crippen LogP contribution in [0.15, 0.2) is 42.7 Å². The standard InChI is InChI=1S/C18H19ClN4O3/c19-16-11-20-14(9-21-16)10-22-17(24)15-7-4-8-23(15)18(25)26-12-13-5-2-1-3-6-13/h1-3,5-6,9,11,15H,4,7-8,10,12H2,(H,22,24)/t15-/m0/s1. The first-order chi connectivity index (χ1) is 12.6. The number of nitrogens with one attached hydrogen (secondary N) is 1. The number of hydrogen-bond acceptors (Lipinski definition) is 5. The molecule has 26 heavy (non-hydrogen) atoms. The monoisotopic (exact) mass is 374 g/mol. The molecule has 2 aromatic rings. The SMILES string of the molecule is O=C(NCc1cnc(Cl)cn1)[C@@H]1CCCN1C(=O)OCc1ccccc1. The summed E-state index contributed by atoms with van der Waals surface area (Å²) in [4.78, 5) is 34.2. The highest BCUT2D eigenvalue weighted by atomic mass is 35.5. The molecule has 1 saturated heterocycles. The number of carbonyl (C=O) groups is 2. The van der Waals surface area contributed by atoms with Crippen LogP contribution in [0.4, 0.5) is 4.79 Å². The van der Waals surface area contributed by atoms with Gasteiger partial charge in [0.15, 0.2) is 0 Å². The van der Waals surface area contributed by atoms with Gasteiger partial charge in [0.05, 0.1) is 24.6 Å². The molecule has 1 atom stereocenters. The van der Waals surface area contributed by atoms with Gasteiger partial charge in [0.25, 0.3) is 0 Å². The average molecular weight is 375 g/mol. The van der Waals surface area contributed by atoms with Gasteiger partial charge in [0.2, 0.25) is 5.91 Å². The van der Waals surface area contributed by atoms with E-state index in [1.807, 2.05) is 30.3 Å². The molecule has 1 aromatic carbocycles. The zero-order valence-electron chi connectivity index (χ0n) is 14.1. The number of hydrogen-bond donors (Lipinski definition) is 1. The predicted molar refractivity (Wildman–Crippen MR) is 95.2 cm³/mol. The lowest BCUT2D eigenvalue weighted by Gasteiger charge is -2.23. The van der Waals surface area contributed by atoms with E-state index in [-0.39, 0.29) is 19.1 Å². The van der Waals surface area contributed by atoms with Crippen molar-refractivity contribution in [1.82, 2.24) is 20.2 Å². The van der Waals surface area contributed by atoms with Gasteiger partial charge in [-0.25, -0.2) is 9.78 Å². The van der Waals surface area contributed by atoms with E-state index < -0.39 is 12.1 Å². The molecule has 2 amide bonds. The van der Waals surface area contributed by atoms with Crippen LogP contribution >= 0.6 is 11.6 Å². The highest BCUT2D eigenvalue weighted by molar-refractivity contribution is 6.29. The summed E-state index contributed by atoms with van der Waals surface area (Å²) in [5.41, 5.74) is 1.50. The normalized spacial score (nSPS) is 16.3. The maximum atomic E-state index is 12.4. The van der Waals surface area contributed by atoms with Crippen LogP contribution in [0, 0.1) is 0 Å². The molecule has 2 heterocycles. The van der Waals surface area contributed by atoms with Crippen molar-refractivity contribution in [2.24, 2.45) is 0 Å². The number of carbonyl (C=O) groups excluding carboxylic acids is 2. The minimum absolute atomic E-state index is 0.185. The van der Waals surface area contributed by atoms with E-state index in [4.69, 9.17) is 16.3 Å². The lowest BCUT2D eigenvalue weighted by Crippen LogP contribution is -2.45. The molecule has 1 aromatic heterocycles. The Bertz CT molecular complexity index is 755. The molecule has 1 fully saturated rings. The van der Waals surface area contributed by atoms with Crippen LogP contribution in [0.5, 0.6) is 0 Å². The molecule has 1 aliphatic rings. The Kier molecular flexibility index (Phi) is 6.01. The van der Waals surface area contributed by atoms with Crippen molar-refractivity contribution in [2.75, 3.05) is 6.54 Å². The molecule has 1 aliphatic heterocycles. The summed E-state index contributed by atoms with van der Waals surface area (Å²) in [5.74, 6) is -0.226. The molecule has 0 bridgehead atoms. The van der Waals surface area contributed by atoms with Gasteiger partial charge in [-0.1, -0.05) is 41.9 Å². The van der Waals surface area contributed by atoms with Gasteiger partial charge in [-0.2, -0.15) is 0 Å². The molecule has 0 aliphatic carbocycles. The maximum Gasteiger partial charge on any atom is 0.410 e. The Hall–Kier alpha value is -2.67. The van der Waals surface area contributed by atoms with Crippen molar-refractivity contribution < 1.29 is 14.3 Å². The zero-order valence-corrected chi connectivity index (χ0v) is 14.9. The topological polar surface area (TPSA) is 84.4 Å². The lowest BCUT2D eigenvalue weighted by molar-refractivity contribution is -0.125. The number of likely N-dealkylation sites (tertiary alicyclic amines) is 1. The van der Waals surface area contributed by atoms with Gasteiger partial charge in [0.1, 0.15) is 17.8 Å². The van der Waals surface area contributed by atoms with Crippen molar-refractivity contribution in [3.63, 3.8) is 0 Å². The molecule has 3 rings (SSSR count). The quantitative estimate of drug-likeness (QED) is 0.869. The summed E-state index contributed by atoms with van der Waals surface area (Å²) in [7, 11) is 0. The third-order valence-electron chi connectivity index (χ3n) is 4.11. The fourth-order valence-electron chi connectivity index (χ4n) is 2.79. The summed E-state index contributed by atoms with van der Waals surface area (Å²) >= 11 is 5.69. The van der Waals surface area contributed by atoms with Gasteiger partial charge >= 0.3 is 6.09 Å². The van der Waals surface area contributed by atoms with Crippen LogP contribution in [-0.4, -0.2) is 39.5 Å². The van der Waals surface area contributed by atoms with E-state index in [0.29, 0.717) is 23.8 Å². The molecule has 0 spiro atoms. The Morgan fingerprint density at radius 1 is 1.23 bits per heavy atom. The Balaban J connectivity index is 1.52. The number of amides is 2. The van der Waals surface area contributed by atoms with E-state index in [9.17, 15) is 9.59 Å². The van der Waals surface area contributed by atoms with Gasteiger partial charge in [-0.05, 0) is 18.4 Å². The first-order valence-corrected chi connectivity index (χ1v) is 8.73. The number of nitrogens with zero attached hydrogens (tertiary/aromatic N) is 3.